The summed E-state index contributed by atoms with van der Waals surface area (Å²) < 4.78 is 7.27. The van der Waals surface area contributed by atoms with Gasteiger partial charge in [-0.1, -0.05) is 11.6 Å². The van der Waals surface area contributed by atoms with Gasteiger partial charge in [0, 0.05) is 17.3 Å². The Kier molecular flexibility index (Phi) is 4.91. The van der Waals surface area contributed by atoms with E-state index in [9.17, 15) is 0 Å². The van der Waals surface area contributed by atoms with Crippen LogP contribution < -0.4 is 10.5 Å². The maximum Gasteiger partial charge on any atom is 0.223 e. The molecule has 2 N–H and O–H groups in total. The number of methoxy groups -OCH3 is 1. The van der Waals surface area contributed by atoms with Crippen LogP contribution >= 0.6 is 24.0 Å². The third kappa shape index (κ3) is 3.02. The van der Waals surface area contributed by atoms with Crippen molar-refractivity contribution >= 4 is 41.1 Å². The molecule has 0 spiro atoms. The SMILES string of the molecule is COc1c(C)cnc(Cn2cnc3c(Cl)nc(N)nc32)c1C.Cl. The molecule has 0 saturated heterocycles. The zero-order valence-electron chi connectivity index (χ0n) is 12.9. The van der Waals surface area contributed by atoms with Gasteiger partial charge in [0.05, 0.1) is 25.7 Å². The summed E-state index contributed by atoms with van der Waals surface area (Å²) in [6, 6.07) is 0. The van der Waals surface area contributed by atoms with Crippen molar-refractivity contribution in [2.45, 2.75) is 20.4 Å². The first kappa shape index (κ1) is 17.2. The summed E-state index contributed by atoms with van der Waals surface area (Å²) in [6.07, 6.45) is 3.44. The Bertz CT molecular complexity index is 864. The minimum absolute atomic E-state index is 0. The number of hydrogen-bond acceptors (Lipinski definition) is 6. The Hall–Kier alpha value is -2.12. The number of halogens is 2. The minimum atomic E-state index is 0. The van der Waals surface area contributed by atoms with Crippen molar-refractivity contribution in [2.24, 2.45) is 0 Å². The number of nitrogens with zero attached hydrogens (tertiary/aromatic N) is 5. The lowest BCUT2D eigenvalue weighted by atomic mass is 10.1. The van der Waals surface area contributed by atoms with E-state index in [1.807, 2.05) is 18.4 Å². The van der Waals surface area contributed by atoms with Crippen LogP contribution in [0.5, 0.6) is 5.75 Å². The van der Waals surface area contributed by atoms with Gasteiger partial charge < -0.3 is 15.0 Å². The summed E-state index contributed by atoms with van der Waals surface area (Å²) in [5, 5.41) is 0.243. The molecule has 0 fully saturated rings. The van der Waals surface area contributed by atoms with Gasteiger partial charge in [0.25, 0.3) is 0 Å². The number of nitrogen functional groups attached to an aromatic ring is 1. The smallest absolute Gasteiger partial charge is 0.223 e. The lowest BCUT2D eigenvalue weighted by Gasteiger charge is -2.12. The van der Waals surface area contributed by atoms with Gasteiger partial charge in [0.2, 0.25) is 5.95 Å². The highest BCUT2D eigenvalue weighted by molar-refractivity contribution is 6.33. The monoisotopic (exact) mass is 354 g/mol. The molecule has 7 nitrogen and oxygen atoms in total. The van der Waals surface area contributed by atoms with Crippen molar-refractivity contribution in [1.29, 1.82) is 0 Å². The molecule has 9 heteroatoms. The van der Waals surface area contributed by atoms with E-state index >= 15 is 0 Å². The number of aromatic nitrogens is 5. The first-order valence-electron chi connectivity index (χ1n) is 6.64. The number of rotatable bonds is 3. The zero-order chi connectivity index (χ0) is 15.9. The number of anilines is 1. The van der Waals surface area contributed by atoms with Crippen molar-refractivity contribution in [3.05, 3.63) is 34.5 Å². The molecule has 3 heterocycles. The number of imidazole rings is 1. The lowest BCUT2D eigenvalue weighted by Crippen LogP contribution is -2.07. The molecule has 3 aromatic rings. The summed E-state index contributed by atoms with van der Waals surface area (Å²) >= 11 is 6.04. The largest absolute Gasteiger partial charge is 0.496 e. The molecule has 0 amide bonds. The highest BCUT2D eigenvalue weighted by Gasteiger charge is 2.14. The maximum atomic E-state index is 6.04. The highest BCUT2D eigenvalue weighted by atomic mass is 35.5. The fourth-order valence-corrected chi connectivity index (χ4v) is 2.65. The molecule has 122 valence electrons. The fraction of sp³-hybridized carbons (Fsp3) is 0.286. The molecule has 0 radical (unpaired) electrons. The van der Waals surface area contributed by atoms with Crippen LogP contribution in [-0.4, -0.2) is 31.6 Å². The van der Waals surface area contributed by atoms with Gasteiger partial charge in [0.1, 0.15) is 11.3 Å². The molecule has 3 rings (SSSR count). The van der Waals surface area contributed by atoms with Gasteiger partial charge in [-0.15, -0.1) is 12.4 Å². The first-order valence-corrected chi connectivity index (χ1v) is 7.02. The van der Waals surface area contributed by atoms with Crippen LogP contribution in [0, 0.1) is 13.8 Å². The molecule has 0 aliphatic carbocycles. The minimum Gasteiger partial charge on any atom is -0.496 e. The number of hydrogen-bond donors (Lipinski definition) is 1. The summed E-state index contributed by atoms with van der Waals surface area (Å²) in [5.41, 5.74) is 9.61. The number of fused-ring (bicyclic) bond motifs is 1. The van der Waals surface area contributed by atoms with Crippen LogP contribution in [0.4, 0.5) is 5.95 Å². The van der Waals surface area contributed by atoms with E-state index in [4.69, 9.17) is 22.1 Å². The summed E-state index contributed by atoms with van der Waals surface area (Å²) in [4.78, 5) is 16.8. The summed E-state index contributed by atoms with van der Waals surface area (Å²) in [6.45, 7) is 4.43. The van der Waals surface area contributed by atoms with Gasteiger partial charge >= 0.3 is 0 Å². The summed E-state index contributed by atoms with van der Waals surface area (Å²) in [5.74, 6) is 0.951. The molecule has 3 aromatic heterocycles. The predicted molar refractivity (Wildman–Crippen MR) is 91.4 cm³/mol. The van der Waals surface area contributed by atoms with Crippen LogP contribution in [0.1, 0.15) is 16.8 Å². The number of pyridine rings is 1. The molecule has 0 unspecified atom stereocenters. The van der Waals surface area contributed by atoms with Gasteiger partial charge in [-0.3, -0.25) is 4.98 Å². The van der Waals surface area contributed by atoms with E-state index in [0.29, 0.717) is 17.7 Å². The zero-order valence-corrected chi connectivity index (χ0v) is 14.4. The molecule has 23 heavy (non-hydrogen) atoms. The Morgan fingerprint density at radius 3 is 2.70 bits per heavy atom. The third-order valence-electron chi connectivity index (χ3n) is 3.51. The van der Waals surface area contributed by atoms with Crippen molar-refractivity contribution in [1.82, 2.24) is 24.5 Å². The molecule has 0 bridgehead atoms. The molecule has 0 aliphatic rings. The second-order valence-electron chi connectivity index (χ2n) is 4.96. The van der Waals surface area contributed by atoms with Crippen LogP contribution in [0.15, 0.2) is 12.5 Å². The van der Waals surface area contributed by atoms with Gasteiger partial charge in [0.15, 0.2) is 10.8 Å². The molecular formula is C14H16Cl2N6O. The summed E-state index contributed by atoms with van der Waals surface area (Å²) in [7, 11) is 1.65. The average Bonchev–Trinajstić information content (AvgIpc) is 2.86. The Balaban J connectivity index is 0.00000192. The topological polar surface area (TPSA) is 91.7 Å². The third-order valence-corrected chi connectivity index (χ3v) is 3.77. The van der Waals surface area contributed by atoms with E-state index < -0.39 is 0 Å². The predicted octanol–water partition coefficient (Wildman–Crippen LogP) is 2.55. The van der Waals surface area contributed by atoms with Crippen LogP contribution in [0.3, 0.4) is 0 Å². The second kappa shape index (κ2) is 6.55. The van der Waals surface area contributed by atoms with Gasteiger partial charge in [-0.2, -0.15) is 9.97 Å². The average molecular weight is 355 g/mol. The van der Waals surface area contributed by atoms with Gasteiger partial charge in [-0.05, 0) is 13.8 Å². The Labute approximate surface area is 144 Å². The van der Waals surface area contributed by atoms with E-state index in [2.05, 4.69) is 19.9 Å². The van der Waals surface area contributed by atoms with Crippen LogP contribution in [-0.2, 0) is 6.54 Å². The lowest BCUT2D eigenvalue weighted by molar-refractivity contribution is 0.406. The normalized spacial score (nSPS) is 10.6. The van der Waals surface area contributed by atoms with E-state index in [1.165, 1.54) is 0 Å². The standard InChI is InChI=1S/C14H15ClN6O.ClH/c1-7-4-17-9(8(2)11(7)22-3)5-21-6-18-10-12(15)19-14(16)20-13(10)21;/h4,6H,5H2,1-3H3,(H2,16,19,20);1H. The van der Waals surface area contributed by atoms with Crippen molar-refractivity contribution in [2.75, 3.05) is 12.8 Å². The van der Waals surface area contributed by atoms with E-state index in [1.54, 1.807) is 19.6 Å². The number of aryl methyl sites for hydroxylation is 1. The van der Waals surface area contributed by atoms with Crippen molar-refractivity contribution in [3.8, 4) is 5.75 Å². The van der Waals surface area contributed by atoms with Crippen LogP contribution in [0.25, 0.3) is 11.2 Å². The second-order valence-corrected chi connectivity index (χ2v) is 5.32. The van der Waals surface area contributed by atoms with E-state index in [0.717, 1.165) is 22.6 Å². The van der Waals surface area contributed by atoms with E-state index in [-0.39, 0.29) is 23.5 Å². The number of nitrogens with two attached hydrogens (primary N) is 1. The Morgan fingerprint density at radius 1 is 1.26 bits per heavy atom. The molecule has 0 atom stereocenters. The fourth-order valence-electron chi connectivity index (χ4n) is 2.43. The van der Waals surface area contributed by atoms with Crippen molar-refractivity contribution < 1.29 is 4.74 Å². The van der Waals surface area contributed by atoms with Gasteiger partial charge in [-0.25, -0.2) is 4.98 Å². The maximum absolute atomic E-state index is 6.04. The molecular weight excluding hydrogens is 339 g/mol. The Morgan fingerprint density at radius 2 is 2.00 bits per heavy atom. The quantitative estimate of drug-likeness (QED) is 0.726. The molecule has 0 aliphatic heterocycles. The molecule has 0 aromatic carbocycles. The highest BCUT2D eigenvalue weighted by Crippen LogP contribution is 2.26. The first-order chi connectivity index (χ1) is 10.5. The molecule has 0 saturated carbocycles. The van der Waals surface area contributed by atoms with Crippen LogP contribution in [0.2, 0.25) is 5.15 Å². The number of ether oxygens (including phenoxy) is 1. The van der Waals surface area contributed by atoms with Crippen molar-refractivity contribution in [3.63, 3.8) is 0 Å².